The van der Waals surface area contributed by atoms with Crippen LogP contribution in [-0.2, 0) is 33.2 Å². The summed E-state index contributed by atoms with van der Waals surface area (Å²) in [6.07, 6.45) is -10.7. The van der Waals surface area contributed by atoms with Crippen molar-refractivity contribution < 1.29 is 50.9 Å². The summed E-state index contributed by atoms with van der Waals surface area (Å²) < 4.78 is 78.8. The van der Waals surface area contributed by atoms with Crippen molar-refractivity contribution in [1.29, 1.82) is 0 Å². The number of benzene rings is 1. The van der Waals surface area contributed by atoms with Crippen molar-refractivity contribution in [3.8, 4) is 0 Å². The van der Waals surface area contributed by atoms with Crippen LogP contribution < -0.4 is 0 Å². The highest BCUT2D eigenvalue weighted by molar-refractivity contribution is 5.89. The number of rotatable bonds is 6. The number of piperidine rings is 1. The van der Waals surface area contributed by atoms with Crippen molar-refractivity contribution in [2.45, 2.75) is 69.6 Å². The molecule has 2 saturated heterocycles. The second kappa shape index (κ2) is 10.8. The van der Waals surface area contributed by atoms with Crippen LogP contribution in [0.15, 0.2) is 18.2 Å². The number of aliphatic hydroxyl groups is 2. The van der Waals surface area contributed by atoms with Crippen LogP contribution >= 0.6 is 0 Å². The van der Waals surface area contributed by atoms with Crippen LogP contribution in [0.1, 0.15) is 49.3 Å². The van der Waals surface area contributed by atoms with E-state index < -0.39 is 65.9 Å². The molecule has 8 nitrogen and oxygen atoms in total. The first kappa shape index (κ1) is 30.1. The maximum atomic E-state index is 13.2. The monoisotopic (exact) mass is 579 g/mol. The number of hydrogen-bond donors (Lipinski definition) is 2. The van der Waals surface area contributed by atoms with Crippen LogP contribution in [0.2, 0.25) is 0 Å². The molecule has 3 fully saturated rings. The molecule has 1 aromatic rings. The van der Waals surface area contributed by atoms with E-state index in [0.717, 1.165) is 23.8 Å². The third kappa shape index (κ3) is 6.22. The number of aliphatic hydroxyl groups excluding tert-OH is 2. The van der Waals surface area contributed by atoms with Crippen molar-refractivity contribution in [3.05, 3.63) is 34.9 Å². The van der Waals surface area contributed by atoms with Gasteiger partial charge in [0, 0.05) is 32.7 Å². The molecule has 2 aliphatic heterocycles. The number of hydrogen-bond acceptors (Lipinski definition) is 5. The van der Waals surface area contributed by atoms with E-state index in [1.54, 1.807) is 0 Å². The van der Waals surface area contributed by atoms with Gasteiger partial charge >= 0.3 is 12.4 Å². The molecule has 1 spiro atoms. The van der Waals surface area contributed by atoms with Gasteiger partial charge in [-0.1, -0.05) is 6.07 Å². The van der Waals surface area contributed by atoms with Crippen LogP contribution in [-0.4, -0.2) is 93.6 Å². The Morgan fingerprint density at radius 1 is 1.02 bits per heavy atom. The Bertz CT molecular complexity index is 1150. The molecule has 40 heavy (non-hydrogen) atoms. The predicted molar refractivity (Wildman–Crippen MR) is 127 cm³/mol. The molecule has 2 N–H and O–H groups in total. The lowest BCUT2D eigenvalue weighted by Gasteiger charge is -2.40. The first-order valence-corrected chi connectivity index (χ1v) is 13.0. The number of alkyl halides is 6. The third-order valence-corrected chi connectivity index (χ3v) is 8.26. The van der Waals surface area contributed by atoms with Gasteiger partial charge in [-0.3, -0.25) is 14.4 Å². The van der Waals surface area contributed by atoms with E-state index in [0.29, 0.717) is 25.1 Å². The Hall–Kier alpha value is -2.87. The van der Waals surface area contributed by atoms with Gasteiger partial charge in [0.2, 0.25) is 11.8 Å². The van der Waals surface area contributed by atoms with E-state index in [-0.39, 0.29) is 43.6 Å². The average Bonchev–Trinajstić information content (AvgIpc) is 3.65. The molecule has 3 amide bonds. The fraction of sp³-hybridized carbons (Fsp3) is 0.654. The number of halogens is 6. The largest absolute Gasteiger partial charge is 0.417 e. The quantitative estimate of drug-likeness (QED) is 0.505. The minimum Gasteiger partial charge on any atom is -0.391 e. The molecule has 3 aliphatic rings. The molecule has 1 unspecified atom stereocenters. The number of likely N-dealkylation sites (tertiary alicyclic amines) is 1. The summed E-state index contributed by atoms with van der Waals surface area (Å²) in [7, 11) is 0. The molecule has 1 saturated carbocycles. The average molecular weight is 580 g/mol. The standard InChI is InChI=1S/C26H31F6N3O5/c1-15-22(39)33(8-4-19(36)23(40)34-9-7-24(5-6-24)20(37)14-34)10-11-35(15)21(38)13-16-2-3-17(25(27,28)29)18(12-16)26(30,31)32/h2-3,12,15,19-20,36-37H,4-11,13-14H2,1H3/t15-,19?,20+/m0/s1. The lowest BCUT2D eigenvalue weighted by molar-refractivity contribution is -0.162. The van der Waals surface area contributed by atoms with E-state index in [1.807, 2.05) is 0 Å². The highest BCUT2D eigenvalue weighted by Crippen LogP contribution is 2.53. The van der Waals surface area contributed by atoms with Crippen molar-refractivity contribution in [3.63, 3.8) is 0 Å². The van der Waals surface area contributed by atoms with Crippen LogP contribution in [0.5, 0.6) is 0 Å². The summed E-state index contributed by atoms with van der Waals surface area (Å²) in [4.78, 5) is 42.3. The molecule has 3 atom stereocenters. The van der Waals surface area contributed by atoms with Crippen molar-refractivity contribution in [2.75, 3.05) is 32.7 Å². The van der Waals surface area contributed by atoms with Crippen LogP contribution in [0.25, 0.3) is 0 Å². The molecule has 222 valence electrons. The minimum atomic E-state index is -5.28. The Kier molecular flexibility index (Phi) is 8.16. The molecule has 1 aromatic carbocycles. The molecule has 4 rings (SSSR count). The van der Waals surface area contributed by atoms with Gasteiger partial charge in [-0.25, -0.2) is 0 Å². The van der Waals surface area contributed by atoms with Crippen molar-refractivity contribution >= 4 is 17.7 Å². The first-order chi connectivity index (χ1) is 18.5. The smallest absolute Gasteiger partial charge is 0.391 e. The van der Waals surface area contributed by atoms with Crippen LogP contribution in [0, 0.1) is 5.41 Å². The molecule has 0 aromatic heterocycles. The lowest BCUT2D eigenvalue weighted by atomic mass is 9.90. The van der Waals surface area contributed by atoms with Gasteiger partial charge in [0.25, 0.3) is 5.91 Å². The van der Waals surface area contributed by atoms with Crippen LogP contribution in [0.4, 0.5) is 26.3 Å². The van der Waals surface area contributed by atoms with Crippen molar-refractivity contribution in [2.24, 2.45) is 5.41 Å². The first-order valence-electron chi connectivity index (χ1n) is 13.0. The van der Waals surface area contributed by atoms with Gasteiger partial charge in [0.15, 0.2) is 0 Å². The van der Waals surface area contributed by atoms with Crippen LogP contribution in [0.3, 0.4) is 0 Å². The van der Waals surface area contributed by atoms with Gasteiger partial charge < -0.3 is 24.9 Å². The SMILES string of the molecule is C[C@H]1C(=O)N(CCC(O)C(=O)N2CCC3(CC3)[C@H](O)C2)CCN1C(=O)Cc1ccc(C(F)(F)F)c(C(F)(F)F)c1. The Morgan fingerprint density at radius 2 is 1.68 bits per heavy atom. The maximum absolute atomic E-state index is 13.2. The highest BCUT2D eigenvalue weighted by atomic mass is 19.4. The fourth-order valence-electron chi connectivity index (χ4n) is 5.53. The fourth-order valence-corrected chi connectivity index (χ4v) is 5.53. The second-order valence-corrected chi connectivity index (χ2v) is 10.9. The minimum absolute atomic E-state index is 0.0168. The van der Waals surface area contributed by atoms with E-state index in [1.165, 1.54) is 16.7 Å². The zero-order valence-electron chi connectivity index (χ0n) is 21.8. The number of nitrogens with zero attached hydrogens (tertiary/aromatic N) is 3. The molecule has 2 heterocycles. The molecule has 1 aliphatic carbocycles. The van der Waals surface area contributed by atoms with Gasteiger partial charge in [0.05, 0.1) is 23.7 Å². The predicted octanol–water partition coefficient (Wildman–Crippen LogP) is 2.45. The van der Waals surface area contributed by atoms with Crippen molar-refractivity contribution in [1.82, 2.24) is 14.7 Å². The van der Waals surface area contributed by atoms with E-state index in [9.17, 15) is 50.9 Å². The van der Waals surface area contributed by atoms with E-state index in [4.69, 9.17) is 0 Å². The topological polar surface area (TPSA) is 101 Å². The zero-order valence-corrected chi connectivity index (χ0v) is 21.8. The molecule has 14 heteroatoms. The summed E-state index contributed by atoms with van der Waals surface area (Å²) >= 11 is 0. The number of piperazine rings is 1. The Balaban J connectivity index is 1.31. The van der Waals surface area contributed by atoms with Gasteiger partial charge in [-0.15, -0.1) is 0 Å². The summed E-state index contributed by atoms with van der Waals surface area (Å²) in [6, 6.07) is 0.396. The highest BCUT2D eigenvalue weighted by Gasteiger charge is 2.52. The molecular formula is C26H31F6N3O5. The maximum Gasteiger partial charge on any atom is 0.417 e. The normalized spacial score (nSPS) is 23.9. The summed E-state index contributed by atoms with van der Waals surface area (Å²) in [5.41, 5.74) is -4.12. The molecule has 0 bridgehead atoms. The Labute approximate surface area is 226 Å². The number of β-amino-alcohol motifs (C(OH)–C–C–N with tert-alkyl or cyclic N) is 1. The number of carbonyl (C=O) groups is 3. The van der Waals surface area contributed by atoms with E-state index >= 15 is 0 Å². The summed E-state index contributed by atoms with van der Waals surface area (Å²) in [5.74, 6) is -1.74. The van der Waals surface area contributed by atoms with E-state index in [2.05, 4.69) is 0 Å². The van der Waals surface area contributed by atoms with Gasteiger partial charge in [0.1, 0.15) is 12.1 Å². The summed E-state index contributed by atoms with van der Waals surface area (Å²) in [6.45, 7) is 2.09. The molecular weight excluding hydrogens is 548 g/mol. The van der Waals surface area contributed by atoms with Gasteiger partial charge in [-0.05, 0) is 55.7 Å². The second-order valence-electron chi connectivity index (χ2n) is 10.9. The van der Waals surface area contributed by atoms with Gasteiger partial charge in [-0.2, -0.15) is 26.3 Å². The summed E-state index contributed by atoms with van der Waals surface area (Å²) in [5, 5.41) is 20.7. The Morgan fingerprint density at radius 3 is 2.25 bits per heavy atom. The molecule has 0 radical (unpaired) electrons. The number of amides is 3. The lowest BCUT2D eigenvalue weighted by Crippen LogP contribution is -2.58. The zero-order chi connectivity index (χ0) is 29.6. The number of carbonyl (C=O) groups excluding carboxylic acids is 3. The third-order valence-electron chi connectivity index (χ3n) is 8.26.